The minimum absolute atomic E-state index is 0.000706. The Labute approximate surface area is 202 Å². The van der Waals surface area contributed by atoms with E-state index in [0.29, 0.717) is 6.07 Å². The number of pyridine rings is 1. The molecule has 1 atom stereocenters. The van der Waals surface area contributed by atoms with Crippen molar-refractivity contribution in [2.45, 2.75) is 19.0 Å². The number of carboxylic acid groups (broad SMARTS) is 1. The Bertz CT molecular complexity index is 1330. The maximum absolute atomic E-state index is 15.4. The first-order valence-corrected chi connectivity index (χ1v) is 10.8. The second kappa shape index (κ2) is 10.0. The summed E-state index contributed by atoms with van der Waals surface area (Å²) < 4.78 is 69.5. The van der Waals surface area contributed by atoms with Crippen molar-refractivity contribution in [3.63, 3.8) is 0 Å². The van der Waals surface area contributed by atoms with E-state index in [4.69, 9.17) is 9.47 Å². The van der Waals surface area contributed by atoms with E-state index in [0.717, 1.165) is 18.1 Å². The van der Waals surface area contributed by atoms with Gasteiger partial charge in [-0.2, -0.15) is 0 Å². The highest BCUT2D eigenvalue weighted by Gasteiger charge is 2.31. The molecule has 1 aliphatic heterocycles. The zero-order chi connectivity index (χ0) is 26.1. The van der Waals surface area contributed by atoms with Gasteiger partial charge in [-0.3, -0.25) is 4.79 Å². The third-order valence-corrected chi connectivity index (χ3v) is 5.92. The van der Waals surface area contributed by atoms with Gasteiger partial charge in [0, 0.05) is 31.8 Å². The van der Waals surface area contributed by atoms with Gasteiger partial charge >= 0.3 is 6.09 Å². The van der Waals surface area contributed by atoms with Crippen molar-refractivity contribution in [1.29, 1.82) is 0 Å². The number of aromatic nitrogens is 2. The van der Waals surface area contributed by atoms with Gasteiger partial charge in [-0.15, -0.1) is 0 Å². The van der Waals surface area contributed by atoms with Crippen LogP contribution in [0.2, 0.25) is 0 Å². The van der Waals surface area contributed by atoms with Crippen molar-refractivity contribution in [3.05, 3.63) is 52.9 Å². The molecule has 4 rings (SSSR count). The lowest BCUT2D eigenvalue weighted by Crippen LogP contribution is -2.45. The van der Waals surface area contributed by atoms with Gasteiger partial charge in [-0.05, 0) is 18.2 Å². The number of fused-ring (bicyclic) bond motifs is 1. The quantitative estimate of drug-likeness (QED) is 0.492. The van der Waals surface area contributed by atoms with Crippen LogP contribution in [0.4, 0.5) is 22.4 Å². The van der Waals surface area contributed by atoms with Gasteiger partial charge in [0.2, 0.25) is 0 Å². The maximum atomic E-state index is 15.4. The van der Waals surface area contributed by atoms with E-state index in [-0.39, 0.29) is 48.7 Å². The number of amides is 2. The van der Waals surface area contributed by atoms with Crippen LogP contribution in [0.15, 0.2) is 24.4 Å². The molecule has 36 heavy (non-hydrogen) atoms. The van der Waals surface area contributed by atoms with Crippen LogP contribution in [-0.4, -0.2) is 71.3 Å². The molecule has 0 aliphatic carbocycles. The number of carbonyl (C=O) groups is 2. The highest BCUT2D eigenvalue weighted by molar-refractivity contribution is 5.96. The fourth-order valence-corrected chi connectivity index (χ4v) is 4.19. The van der Waals surface area contributed by atoms with Gasteiger partial charge in [0.05, 0.1) is 48.9 Å². The lowest BCUT2D eigenvalue weighted by Gasteiger charge is -2.31. The molecule has 2 amide bonds. The first-order chi connectivity index (χ1) is 17.2. The molecule has 1 saturated heterocycles. The van der Waals surface area contributed by atoms with Crippen molar-refractivity contribution in [2.24, 2.45) is 0 Å². The number of alkyl halides is 2. The Kier molecular flexibility index (Phi) is 7.02. The van der Waals surface area contributed by atoms with E-state index in [2.05, 4.69) is 10.3 Å². The van der Waals surface area contributed by atoms with Gasteiger partial charge in [-0.1, -0.05) is 0 Å². The summed E-state index contributed by atoms with van der Waals surface area (Å²) in [6.07, 6.45) is -3.29. The number of ether oxygens (including phenoxy) is 2. The van der Waals surface area contributed by atoms with E-state index in [9.17, 15) is 23.5 Å². The Balaban J connectivity index is 1.91. The number of benzene rings is 1. The molecular formula is C23H22F4N4O5. The van der Waals surface area contributed by atoms with Crippen LogP contribution in [-0.2, 0) is 11.2 Å². The van der Waals surface area contributed by atoms with Gasteiger partial charge < -0.3 is 29.2 Å². The second-order valence-electron chi connectivity index (χ2n) is 8.03. The number of hydrogen-bond donors (Lipinski definition) is 2. The zero-order valence-electron chi connectivity index (χ0n) is 19.2. The number of hydrogen-bond acceptors (Lipinski definition) is 5. The molecule has 1 aromatic carbocycles. The fourth-order valence-electron chi connectivity index (χ4n) is 4.19. The first kappa shape index (κ1) is 25.2. The standard InChI is InChI=1S/C23H22F4N4O5/c1-28-22(32)13-9-14(24)17(20(35-2)18(13)25)19-15(8-12-10-30(23(33)34)5-6-36-12)31-4-3-11(21(26)27)7-16(31)29-19/h3-4,7,9,12,21H,5-6,8,10H2,1-2H3,(H,28,32)(H,33,34). The molecule has 0 saturated carbocycles. The number of nitrogens with one attached hydrogen (secondary N) is 1. The van der Waals surface area contributed by atoms with Crippen LogP contribution < -0.4 is 10.1 Å². The molecule has 0 radical (unpaired) electrons. The molecule has 0 spiro atoms. The Morgan fingerprint density at radius 2 is 2.08 bits per heavy atom. The average molecular weight is 510 g/mol. The van der Waals surface area contributed by atoms with Crippen molar-refractivity contribution in [1.82, 2.24) is 19.6 Å². The molecule has 2 N–H and O–H groups in total. The molecule has 13 heteroatoms. The van der Waals surface area contributed by atoms with Crippen LogP contribution in [0.3, 0.4) is 0 Å². The summed E-state index contributed by atoms with van der Waals surface area (Å²) in [5.41, 5.74) is -1.16. The van der Waals surface area contributed by atoms with Crippen molar-refractivity contribution >= 4 is 17.6 Å². The lowest BCUT2D eigenvalue weighted by atomic mass is 10.0. The smallest absolute Gasteiger partial charge is 0.407 e. The van der Waals surface area contributed by atoms with Crippen LogP contribution >= 0.6 is 0 Å². The highest BCUT2D eigenvalue weighted by atomic mass is 19.3. The van der Waals surface area contributed by atoms with Crippen molar-refractivity contribution in [3.8, 4) is 17.0 Å². The van der Waals surface area contributed by atoms with Crippen LogP contribution in [0.5, 0.6) is 5.75 Å². The predicted octanol–water partition coefficient (Wildman–Crippen LogP) is 3.51. The number of carbonyl (C=O) groups excluding carboxylic acids is 1. The molecule has 9 nitrogen and oxygen atoms in total. The summed E-state index contributed by atoms with van der Waals surface area (Å²) in [5.74, 6) is -3.63. The zero-order valence-corrected chi connectivity index (χ0v) is 19.2. The van der Waals surface area contributed by atoms with Gasteiger partial charge in [0.25, 0.3) is 12.3 Å². The fraction of sp³-hybridized carbons (Fsp3) is 0.348. The normalized spacial score (nSPS) is 16.0. The number of methoxy groups -OCH3 is 1. The molecule has 1 fully saturated rings. The lowest BCUT2D eigenvalue weighted by molar-refractivity contribution is -0.0214. The monoisotopic (exact) mass is 510 g/mol. The summed E-state index contributed by atoms with van der Waals surface area (Å²) >= 11 is 0. The number of imidazole rings is 1. The molecule has 3 heterocycles. The maximum Gasteiger partial charge on any atom is 0.407 e. The number of rotatable bonds is 6. The molecule has 1 aliphatic rings. The third kappa shape index (κ3) is 4.53. The minimum atomic E-state index is -2.79. The number of halogens is 4. The second-order valence-corrected chi connectivity index (χ2v) is 8.03. The topological polar surface area (TPSA) is 105 Å². The van der Waals surface area contributed by atoms with E-state index < -0.39 is 53.0 Å². The van der Waals surface area contributed by atoms with Crippen LogP contribution in [0.1, 0.15) is 28.0 Å². The van der Waals surface area contributed by atoms with E-state index in [1.165, 1.54) is 23.7 Å². The SMILES string of the molecule is CNC(=O)c1cc(F)c(-c2nc3cc(C(F)F)ccn3c2CC2CN(C(=O)O)CCO2)c(OC)c1F. The molecular weight excluding hydrogens is 488 g/mol. The van der Waals surface area contributed by atoms with Gasteiger partial charge in [-0.25, -0.2) is 27.3 Å². The Hall–Kier alpha value is -3.87. The number of morpholine rings is 1. The van der Waals surface area contributed by atoms with Crippen LogP contribution in [0.25, 0.3) is 16.9 Å². The Morgan fingerprint density at radius 3 is 2.72 bits per heavy atom. The minimum Gasteiger partial charge on any atom is -0.493 e. The molecule has 0 bridgehead atoms. The summed E-state index contributed by atoms with van der Waals surface area (Å²) in [6.45, 7) is 0.282. The highest BCUT2D eigenvalue weighted by Crippen LogP contribution is 2.39. The van der Waals surface area contributed by atoms with E-state index in [1.807, 2.05) is 0 Å². The molecule has 3 aromatic rings. The molecule has 2 aromatic heterocycles. The van der Waals surface area contributed by atoms with Crippen molar-refractivity contribution < 1.29 is 41.7 Å². The van der Waals surface area contributed by atoms with E-state index >= 15 is 8.78 Å². The van der Waals surface area contributed by atoms with Crippen molar-refractivity contribution in [2.75, 3.05) is 33.9 Å². The van der Waals surface area contributed by atoms with Gasteiger partial charge in [0.15, 0.2) is 11.6 Å². The summed E-state index contributed by atoms with van der Waals surface area (Å²) in [4.78, 5) is 28.9. The summed E-state index contributed by atoms with van der Waals surface area (Å²) in [6, 6.07) is 2.98. The predicted molar refractivity (Wildman–Crippen MR) is 118 cm³/mol. The molecule has 1 unspecified atom stereocenters. The first-order valence-electron chi connectivity index (χ1n) is 10.8. The largest absolute Gasteiger partial charge is 0.493 e. The number of nitrogens with zero attached hydrogens (tertiary/aromatic N) is 3. The average Bonchev–Trinajstić information content (AvgIpc) is 3.21. The summed E-state index contributed by atoms with van der Waals surface area (Å²) in [5, 5.41) is 11.6. The van der Waals surface area contributed by atoms with E-state index in [1.54, 1.807) is 0 Å². The Morgan fingerprint density at radius 1 is 1.33 bits per heavy atom. The van der Waals surface area contributed by atoms with Crippen LogP contribution in [0, 0.1) is 11.6 Å². The van der Waals surface area contributed by atoms with Gasteiger partial charge in [0.1, 0.15) is 11.5 Å². The molecule has 192 valence electrons. The third-order valence-electron chi connectivity index (χ3n) is 5.92. The summed E-state index contributed by atoms with van der Waals surface area (Å²) in [7, 11) is 2.35.